The molecule has 3 atom stereocenters. The summed E-state index contributed by atoms with van der Waals surface area (Å²) in [6.45, 7) is 0.0817. The molecule has 4 amide bonds. The van der Waals surface area contributed by atoms with Crippen LogP contribution in [0, 0.1) is 0 Å². The topological polar surface area (TPSA) is 249 Å². The van der Waals surface area contributed by atoms with Crippen LogP contribution in [0.4, 0.5) is 0 Å². The van der Waals surface area contributed by atoms with Gasteiger partial charge >= 0.3 is 5.97 Å². The van der Waals surface area contributed by atoms with Crippen LogP contribution in [0.25, 0.3) is 0 Å². The summed E-state index contributed by atoms with van der Waals surface area (Å²) in [6, 6.07) is -3.02. The first-order valence-electron chi connectivity index (χ1n) is 10.2. The highest BCUT2D eigenvalue weighted by molar-refractivity contribution is 5.92. The van der Waals surface area contributed by atoms with Gasteiger partial charge in [-0.2, -0.15) is 0 Å². The van der Waals surface area contributed by atoms with E-state index in [4.69, 9.17) is 22.9 Å². The fourth-order valence-corrected chi connectivity index (χ4v) is 3.19. The molecule has 0 spiro atoms. The lowest BCUT2D eigenvalue weighted by atomic mass is 10.1. The second kappa shape index (κ2) is 13.1. The Kier molecular flexibility index (Phi) is 10.9. The molecule has 1 aliphatic heterocycles. The van der Waals surface area contributed by atoms with E-state index in [0.717, 1.165) is 0 Å². The van der Waals surface area contributed by atoms with E-state index in [1.54, 1.807) is 0 Å². The number of carboxylic acids is 1. The van der Waals surface area contributed by atoms with E-state index >= 15 is 0 Å². The maximum absolute atomic E-state index is 12.6. The Balaban J connectivity index is 2.70. The molecule has 0 aromatic rings. The minimum atomic E-state index is -1.10. The molecular formula is C18H32N8O6. The molecular weight excluding hydrogens is 424 g/mol. The van der Waals surface area contributed by atoms with Crippen molar-refractivity contribution in [1.29, 1.82) is 0 Å². The van der Waals surface area contributed by atoms with E-state index in [-0.39, 0.29) is 31.8 Å². The van der Waals surface area contributed by atoms with Gasteiger partial charge in [-0.25, -0.2) is 4.79 Å². The fraction of sp³-hybridized carbons (Fsp3) is 0.667. The van der Waals surface area contributed by atoms with Crippen LogP contribution in [-0.2, 0) is 24.0 Å². The molecule has 1 aliphatic rings. The normalized spacial score (nSPS) is 17.2. The number of hydrogen-bond donors (Lipinski definition) is 7. The largest absolute Gasteiger partial charge is 0.480 e. The molecule has 1 rings (SSSR count). The quantitative estimate of drug-likeness (QED) is 0.0817. The van der Waals surface area contributed by atoms with Gasteiger partial charge in [0.1, 0.15) is 12.1 Å². The van der Waals surface area contributed by atoms with Crippen LogP contribution in [0.15, 0.2) is 4.99 Å². The molecule has 0 aliphatic carbocycles. The van der Waals surface area contributed by atoms with Crippen LogP contribution >= 0.6 is 0 Å². The SMILES string of the molecule is NC(=O)CCC(N)C(=O)NC(CCCN=C(N)N)C(=O)NCC(=O)N1CCCC1C(=O)O. The smallest absolute Gasteiger partial charge is 0.326 e. The lowest BCUT2D eigenvalue weighted by Crippen LogP contribution is -2.53. The number of aliphatic carboxylic acids is 1. The molecule has 0 radical (unpaired) electrons. The third-order valence-electron chi connectivity index (χ3n) is 4.89. The van der Waals surface area contributed by atoms with Crippen LogP contribution in [0.5, 0.6) is 0 Å². The average molecular weight is 457 g/mol. The lowest BCUT2D eigenvalue weighted by molar-refractivity contribution is -0.148. The van der Waals surface area contributed by atoms with Crippen molar-refractivity contribution in [3.63, 3.8) is 0 Å². The number of hydrogen-bond acceptors (Lipinski definition) is 7. The zero-order valence-corrected chi connectivity index (χ0v) is 17.8. The Morgan fingerprint density at radius 3 is 2.38 bits per heavy atom. The minimum absolute atomic E-state index is 0.00747. The van der Waals surface area contributed by atoms with Crippen molar-refractivity contribution in [1.82, 2.24) is 15.5 Å². The van der Waals surface area contributed by atoms with Crippen molar-refractivity contribution >= 4 is 35.6 Å². The summed E-state index contributed by atoms with van der Waals surface area (Å²) < 4.78 is 0. The van der Waals surface area contributed by atoms with Crippen molar-refractivity contribution in [3.05, 3.63) is 0 Å². The Morgan fingerprint density at radius 1 is 1.09 bits per heavy atom. The summed E-state index contributed by atoms with van der Waals surface area (Å²) in [5.74, 6) is -3.67. The number of nitrogens with one attached hydrogen (secondary N) is 2. The van der Waals surface area contributed by atoms with Gasteiger partial charge in [-0.3, -0.25) is 24.2 Å². The Labute approximate surface area is 185 Å². The fourth-order valence-electron chi connectivity index (χ4n) is 3.19. The van der Waals surface area contributed by atoms with E-state index < -0.39 is 54.3 Å². The van der Waals surface area contributed by atoms with Gasteiger partial charge in [0.25, 0.3) is 0 Å². The van der Waals surface area contributed by atoms with Gasteiger partial charge in [0.05, 0.1) is 12.6 Å². The monoisotopic (exact) mass is 456 g/mol. The number of rotatable bonds is 13. The Hall–Kier alpha value is -3.42. The van der Waals surface area contributed by atoms with Crippen molar-refractivity contribution in [2.45, 2.75) is 56.7 Å². The number of guanidine groups is 1. The zero-order chi connectivity index (χ0) is 24.3. The number of primary amides is 1. The van der Waals surface area contributed by atoms with E-state index in [9.17, 15) is 29.1 Å². The maximum atomic E-state index is 12.6. The van der Waals surface area contributed by atoms with Gasteiger partial charge in [0, 0.05) is 19.5 Å². The van der Waals surface area contributed by atoms with E-state index in [2.05, 4.69) is 15.6 Å². The van der Waals surface area contributed by atoms with Gasteiger partial charge in [0.15, 0.2) is 5.96 Å². The summed E-state index contributed by atoms with van der Waals surface area (Å²) in [5, 5.41) is 14.1. The van der Waals surface area contributed by atoms with Crippen molar-refractivity contribution in [3.8, 4) is 0 Å². The van der Waals surface area contributed by atoms with Gasteiger partial charge in [-0.1, -0.05) is 0 Å². The number of carbonyl (C=O) groups excluding carboxylic acids is 4. The second-order valence-electron chi connectivity index (χ2n) is 7.42. The molecule has 0 saturated carbocycles. The van der Waals surface area contributed by atoms with Gasteiger partial charge in [-0.15, -0.1) is 0 Å². The summed E-state index contributed by atoms with van der Waals surface area (Å²) in [4.78, 5) is 64.4. The van der Waals surface area contributed by atoms with Crippen LogP contribution in [0.2, 0.25) is 0 Å². The number of carbonyl (C=O) groups is 5. The first kappa shape index (κ1) is 26.6. The van der Waals surface area contributed by atoms with E-state index in [0.29, 0.717) is 25.8 Å². The van der Waals surface area contributed by atoms with Crippen LogP contribution in [-0.4, -0.2) is 83.3 Å². The number of carboxylic acid groups (broad SMARTS) is 1. The predicted octanol–water partition coefficient (Wildman–Crippen LogP) is -3.69. The molecule has 0 bridgehead atoms. The van der Waals surface area contributed by atoms with E-state index in [1.165, 1.54) is 4.90 Å². The first-order valence-corrected chi connectivity index (χ1v) is 10.2. The third-order valence-corrected chi connectivity index (χ3v) is 4.89. The number of likely N-dealkylation sites (tertiary alicyclic amines) is 1. The molecule has 1 fully saturated rings. The molecule has 1 saturated heterocycles. The third kappa shape index (κ3) is 9.16. The molecule has 32 heavy (non-hydrogen) atoms. The number of nitrogens with two attached hydrogens (primary N) is 4. The van der Waals surface area contributed by atoms with Gasteiger partial charge < -0.3 is 43.6 Å². The minimum Gasteiger partial charge on any atom is -0.480 e. The molecule has 0 aromatic heterocycles. The molecule has 11 N–H and O–H groups in total. The van der Waals surface area contributed by atoms with Gasteiger partial charge in [0.2, 0.25) is 23.6 Å². The number of aliphatic imine (C=N–C) groups is 1. The highest BCUT2D eigenvalue weighted by Crippen LogP contribution is 2.17. The standard InChI is InChI=1S/C18H32N8O6/c19-10(5-6-13(20)27)15(29)25-11(3-1-7-23-18(21)22)16(30)24-9-14(28)26-8-2-4-12(26)17(31)32/h10-12H,1-9,19H2,(H2,20,27)(H,24,30)(H,25,29)(H,31,32)(H4,21,22,23). The number of amides is 4. The Morgan fingerprint density at radius 2 is 1.78 bits per heavy atom. The highest BCUT2D eigenvalue weighted by atomic mass is 16.4. The Bertz CT molecular complexity index is 739. The zero-order valence-electron chi connectivity index (χ0n) is 17.8. The summed E-state index contributed by atoms with van der Waals surface area (Å²) in [6.07, 6.45) is 1.31. The second-order valence-corrected chi connectivity index (χ2v) is 7.42. The molecule has 3 unspecified atom stereocenters. The summed E-state index contributed by atoms with van der Waals surface area (Å²) >= 11 is 0. The first-order chi connectivity index (χ1) is 15.0. The van der Waals surface area contributed by atoms with Crippen LogP contribution in [0.3, 0.4) is 0 Å². The van der Waals surface area contributed by atoms with Crippen LogP contribution < -0.4 is 33.6 Å². The van der Waals surface area contributed by atoms with Crippen molar-refractivity contribution in [2.75, 3.05) is 19.6 Å². The average Bonchev–Trinajstić information content (AvgIpc) is 3.22. The highest BCUT2D eigenvalue weighted by Gasteiger charge is 2.34. The lowest BCUT2D eigenvalue weighted by Gasteiger charge is -2.23. The number of nitrogens with zero attached hydrogens (tertiary/aromatic N) is 2. The predicted molar refractivity (Wildman–Crippen MR) is 114 cm³/mol. The van der Waals surface area contributed by atoms with Crippen LogP contribution in [0.1, 0.15) is 38.5 Å². The molecule has 0 aromatic carbocycles. The molecule has 180 valence electrons. The van der Waals surface area contributed by atoms with Gasteiger partial charge in [-0.05, 0) is 32.1 Å². The van der Waals surface area contributed by atoms with Crippen molar-refractivity contribution in [2.24, 2.45) is 27.9 Å². The molecule has 14 nitrogen and oxygen atoms in total. The van der Waals surface area contributed by atoms with E-state index in [1.807, 2.05) is 0 Å². The molecule has 14 heteroatoms. The maximum Gasteiger partial charge on any atom is 0.326 e. The van der Waals surface area contributed by atoms with Crippen molar-refractivity contribution < 1.29 is 29.1 Å². The molecule has 1 heterocycles. The summed E-state index contributed by atoms with van der Waals surface area (Å²) in [5.41, 5.74) is 21.3. The summed E-state index contributed by atoms with van der Waals surface area (Å²) in [7, 11) is 0.